The highest BCUT2D eigenvalue weighted by atomic mass is 32.2. The molecule has 0 aliphatic carbocycles. The van der Waals surface area contributed by atoms with Crippen molar-refractivity contribution < 1.29 is 4.74 Å². The van der Waals surface area contributed by atoms with E-state index in [0.29, 0.717) is 11.7 Å². The quantitative estimate of drug-likeness (QED) is 0.795. The van der Waals surface area contributed by atoms with E-state index >= 15 is 0 Å². The van der Waals surface area contributed by atoms with Crippen LogP contribution in [0.15, 0.2) is 18.2 Å². The predicted molar refractivity (Wildman–Crippen MR) is 71.4 cm³/mol. The summed E-state index contributed by atoms with van der Waals surface area (Å²) in [4.78, 5) is 0. The summed E-state index contributed by atoms with van der Waals surface area (Å²) < 4.78 is 5.20. The standard InChI is InChI=1S/C12H18N2OS/c1-15-11-6-2-5-10(12(11)13)14-9-4-3-7-16-8-9/h2,5-6,9,14H,3-4,7-8,13H2,1H3. The molecule has 3 nitrogen and oxygen atoms in total. The van der Waals surface area contributed by atoms with Gasteiger partial charge in [-0.05, 0) is 30.7 Å². The summed E-state index contributed by atoms with van der Waals surface area (Å²) in [7, 11) is 1.64. The zero-order valence-corrected chi connectivity index (χ0v) is 10.3. The fraction of sp³-hybridized carbons (Fsp3) is 0.500. The highest BCUT2D eigenvalue weighted by molar-refractivity contribution is 7.99. The second kappa shape index (κ2) is 5.34. The third-order valence-corrected chi connectivity index (χ3v) is 4.02. The Hall–Kier alpha value is -1.03. The van der Waals surface area contributed by atoms with E-state index < -0.39 is 0 Å². The van der Waals surface area contributed by atoms with Crippen LogP contribution in [0.5, 0.6) is 5.75 Å². The zero-order chi connectivity index (χ0) is 11.4. The van der Waals surface area contributed by atoms with Crippen LogP contribution in [0, 0.1) is 0 Å². The van der Waals surface area contributed by atoms with Crippen LogP contribution < -0.4 is 15.8 Å². The maximum atomic E-state index is 6.02. The van der Waals surface area contributed by atoms with Crippen molar-refractivity contribution >= 4 is 23.1 Å². The van der Waals surface area contributed by atoms with Crippen LogP contribution in [0.4, 0.5) is 11.4 Å². The van der Waals surface area contributed by atoms with Crippen LogP contribution in [0.2, 0.25) is 0 Å². The number of nitrogens with one attached hydrogen (secondary N) is 1. The lowest BCUT2D eigenvalue weighted by Gasteiger charge is -2.24. The molecule has 1 aliphatic rings. The number of nitrogen functional groups attached to an aromatic ring is 1. The number of thioether (sulfide) groups is 1. The normalized spacial score (nSPS) is 20.4. The molecule has 1 saturated heterocycles. The Morgan fingerprint density at radius 1 is 1.50 bits per heavy atom. The summed E-state index contributed by atoms with van der Waals surface area (Å²) in [5.74, 6) is 3.19. The smallest absolute Gasteiger partial charge is 0.143 e. The Morgan fingerprint density at radius 2 is 2.38 bits per heavy atom. The van der Waals surface area contributed by atoms with Crippen LogP contribution in [-0.2, 0) is 0 Å². The molecule has 0 amide bonds. The van der Waals surface area contributed by atoms with Gasteiger partial charge in [-0.3, -0.25) is 0 Å². The average molecular weight is 238 g/mol. The Balaban J connectivity index is 2.08. The van der Waals surface area contributed by atoms with Crippen molar-refractivity contribution in [2.24, 2.45) is 0 Å². The van der Waals surface area contributed by atoms with Crippen LogP contribution in [0.25, 0.3) is 0 Å². The van der Waals surface area contributed by atoms with Gasteiger partial charge in [0, 0.05) is 11.8 Å². The van der Waals surface area contributed by atoms with Crippen molar-refractivity contribution in [3.63, 3.8) is 0 Å². The van der Waals surface area contributed by atoms with E-state index in [1.165, 1.54) is 18.6 Å². The molecule has 1 heterocycles. The molecule has 3 N–H and O–H groups in total. The highest BCUT2D eigenvalue weighted by Crippen LogP contribution is 2.31. The Kier molecular flexibility index (Phi) is 3.83. The van der Waals surface area contributed by atoms with Crippen LogP contribution in [0.1, 0.15) is 12.8 Å². The fourth-order valence-electron chi connectivity index (χ4n) is 1.92. The molecule has 1 atom stereocenters. The fourth-order valence-corrected chi connectivity index (χ4v) is 2.99. The van der Waals surface area contributed by atoms with E-state index in [4.69, 9.17) is 10.5 Å². The maximum Gasteiger partial charge on any atom is 0.143 e. The topological polar surface area (TPSA) is 47.3 Å². The first kappa shape index (κ1) is 11.5. The third kappa shape index (κ3) is 2.55. The molecule has 1 aromatic carbocycles. The average Bonchev–Trinajstić information content (AvgIpc) is 2.33. The van der Waals surface area contributed by atoms with E-state index in [1.54, 1.807) is 7.11 Å². The maximum absolute atomic E-state index is 6.02. The van der Waals surface area contributed by atoms with Gasteiger partial charge in [0.25, 0.3) is 0 Å². The molecular weight excluding hydrogens is 220 g/mol. The number of hydrogen-bond donors (Lipinski definition) is 2. The molecule has 16 heavy (non-hydrogen) atoms. The molecule has 0 radical (unpaired) electrons. The van der Waals surface area contributed by atoms with Gasteiger partial charge in [0.2, 0.25) is 0 Å². The van der Waals surface area contributed by atoms with Gasteiger partial charge in [-0.25, -0.2) is 0 Å². The van der Waals surface area contributed by atoms with E-state index in [9.17, 15) is 0 Å². The van der Waals surface area contributed by atoms with Gasteiger partial charge < -0.3 is 15.8 Å². The zero-order valence-electron chi connectivity index (χ0n) is 9.53. The van der Waals surface area contributed by atoms with Crippen molar-refractivity contribution in [3.8, 4) is 5.75 Å². The van der Waals surface area contributed by atoms with Crippen LogP contribution >= 0.6 is 11.8 Å². The van der Waals surface area contributed by atoms with Gasteiger partial charge in [-0.15, -0.1) is 0 Å². The number of para-hydroxylation sites is 1. The lowest BCUT2D eigenvalue weighted by Crippen LogP contribution is -2.26. The van der Waals surface area contributed by atoms with E-state index in [-0.39, 0.29) is 0 Å². The van der Waals surface area contributed by atoms with Gasteiger partial charge in [-0.2, -0.15) is 11.8 Å². The summed E-state index contributed by atoms with van der Waals surface area (Å²) in [6.45, 7) is 0. The molecule has 0 saturated carbocycles. The van der Waals surface area contributed by atoms with E-state index in [1.807, 2.05) is 30.0 Å². The lowest BCUT2D eigenvalue weighted by atomic mass is 10.1. The minimum absolute atomic E-state index is 0.535. The summed E-state index contributed by atoms with van der Waals surface area (Å²) in [6, 6.07) is 6.40. The molecule has 0 spiro atoms. The molecule has 0 bridgehead atoms. The number of rotatable bonds is 3. The number of methoxy groups -OCH3 is 1. The molecule has 1 unspecified atom stereocenters. The van der Waals surface area contributed by atoms with Crippen molar-refractivity contribution in [3.05, 3.63) is 18.2 Å². The minimum Gasteiger partial charge on any atom is -0.495 e. The van der Waals surface area contributed by atoms with E-state index in [2.05, 4.69) is 5.32 Å². The molecule has 4 heteroatoms. The number of anilines is 2. The second-order valence-corrected chi connectivity index (χ2v) is 5.13. The van der Waals surface area contributed by atoms with Gasteiger partial charge in [0.1, 0.15) is 5.75 Å². The molecule has 2 rings (SSSR count). The largest absolute Gasteiger partial charge is 0.495 e. The number of hydrogen-bond acceptors (Lipinski definition) is 4. The third-order valence-electron chi connectivity index (χ3n) is 2.81. The van der Waals surface area contributed by atoms with Crippen molar-refractivity contribution in [2.45, 2.75) is 18.9 Å². The van der Waals surface area contributed by atoms with Crippen LogP contribution in [0.3, 0.4) is 0 Å². The summed E-state index contributed by atoms with van der Waals surface area (Å²) in [5.41, 5.74) is 7.72. The van der Waals surface area contributed by atoms with Gasteiger partial charge in [-0.1, -0.05) is 6.07 Å². The molecule has 1 aliphatic heterocycles. The van der Waals surface area contributed by atoms with Gasteiger partial charge >= 0.3 is 0 Å². The lowest BCUT2D eigenvalue weighted by molar-refractivity contribution is 0.417. The van der Waals surface area contributed by atoms with Gasteiger partial charge in [0.15, 0.2) is 0 Å². The Morgan fingerprint density at radius 3 is 3.06 bits per heavy atom. The highest BCUT2D eigenvalue weighted by Gasteiger charge is 2.15. The number of benzene rings is 1. The van der Waals surface area contributed by atoms with Crippen molar-refractivity contribution in [2.75, 3.05) is 29.7 Å². The SMILES string of the molecule is COc1cccc(NC2CCCSC2)c1N. The molecule has 1 aromatic rings. The molecule has 1 fully saturated rings. The Bertz CT molecular complexity index is 351. The first-order chi connectivity index (χ1) is 7.81. The second-order valence-electron chi connectivity index (χ2n) is 3.98. The number of nitrogens with two attached hydrogens (primary N) is 1. The number of ether oxygens (including phenoxy) is 1. The van der Waals surface area contributed by atoms with Gasteiger partial charge in [0.05, 0.1) is 18.5 Å². The van der Waals surface area contributed by atoms with Crippen molar-refractivity contribution in [1.82, 2.24) is 0 Å². The summed E-state index contributed by atoms with van der Waals surface area (Å²) in [6.07, 6.45) is 2.51. The van der Waals surface area contributed by atoms with Crippen molar-refractivity contribution in [1.29, 1.82) is 0 Å². The van der Waals surface area contributed by atoms with E-state index in [0.717, 1.165) is 17.2 Å². The summed E-state index contributed by atoms with van der Waals surface area (Å²) in [5, 5.41) is 3.50. The summed E-state index contributed by atoms with van der Waals surface area (Å²) >= 11 is 2.00. The Labute approximate surface area is 101 Å². The minimum atomic E-state index is 0.535. The first-order valence-electron chi connectivity index (χ1n) is 5.58. The first-order valence-corrected chi connectivity index (χ1v) is 6.73. The van der Waals surface area contributed by atoms with Crippen LogP contribution in [-0.4, -0.2) is 24.7 Å². The molecule has 0 aromatic heterocycles. The molecular formula is C12H18N2OS. The molecule has 88 valence electrons. The predicted octanol–water partition coefficient (Wildman–Crippen LogP) is 2.58. The monoisotopic (exact) mass is 238 g/mol.